The highest BCUT2D eigenvalue weighted by atomic mass is 32.1. The van der Waals surface area contributed by atoms with E-state index < -0.39 is 0 Å². The van der Waals surface area contributed by atoms with Crippen molar-refractivity contribution in [3.8, 4) is 0 Å². The molecule has 0 saturated carbocycles. The predicted octanol–water partition coefficient (Wildman–Crippen LogP) is 3.81. The van der Waals surface area contributed by atoms with E-state index in [4.69, 9.17) is 4.74 Å². The Labute approximate surface area is 125 Å². The maximum Gasteiger partial charge on any atom is 0.0668 e. The molecule has 1 aromatic heterocycles. The number of hydrogen-bond donors (Lipinski definition) is 1. The van der Waals surface area contributed by atoms with Crippen LogP contribution >= 0.6 is 11.3 Å². The van der Waals surface area contributed by atoms with Crippen LogP contribution < -0.4 is 5.32 Å². The lowest BCUT2D eigenvalue weighted by Crippen LogP contribution is -2.16. The van der Waals surface area contributed by atoms with Crippen LogP contribution in [-0.4, -0.2) is 20.8 Å². The van der Waals surface area contributed by atoms with Gasteiger partial charge in [0.05, 0.1) is 12.6 Å². The van der Waals surface area contributed by atoms with Crippen LogP contribution in [0.25, 0.3) is 0 Å². The van der Waals surface area contributed by atoms with Crippen molar-refractivity contribution in [2.75, 3.05) is 20.8 Å². The number of thiophene rings is 1. The summed E-state index contributed by atoms with van der Waals surface area (Å²) >= 11 is 1.90. The fraction of sp³-hybridized carbons (Fsp3) is 0.412. The molecule has 1 aromatic carbocycles. The molecule has 0 aliphatic heterocycles. The van der Waals surface area contributed by atoms with Gasteiger partial charge in [-0.15, -0.1) is 11.3 Å². The number of rotatable bonds is 7. The Bertz CT molecular complexity index is 518. The average Bonchev–Trinajstić information content (AvgIpc) is 2.96. The van der Waals surface area contributed by atoms with Gasteiger partial charge in [0.2, 0.25) is 0 Å². The lowest BCUT2D eigenvalue weighted by Gasteiger charge is -2.15. The number of nitrogens with one attached hydrogen (secondary N) is 1. The van der Waals surface area contributed by atoms with Gasteiger partial charge >= 0.3 is 0 Å². The van der Waals surface area contributed by atoms with Crippen molar-refractivity contribution in [2.24, 2.45) is 0 Å². The van der Waals surface area contributed by atoms with E-state index in [0.29, 0.717) is 0 Å². The molecule has 1 unspecified atom stereocenters. The van der Waals surface area contributed by atoms with Gasteiger partial charge in [-0.25, -0.2) is 0 Å². The molecule has 1 heterocycles. The topological polar surface area (TPSA) is 21.3 Å². The molecule has 3 heteroatoms. The zero-order valence-electron chi connectivity index (χ0n) is 12.5. The quantitative estimate of drug-likeness (QED) is 0.837. The van der Waals surface area contributed by atoms with Gasteiger partial charge in [0, 0.05) is 16.9 Å². The Morgan fingerprint density at radius 3 is 2.45 bits per heavy atom. The molecule has 0 aliphatic rings. The van der Waals surface area contributed by atoms with Crippen LogP contribution in [0.4, 0.5) is 0 Å². The molecule has 0 bridgehead atoms. The fourth-order valence-electron chi connectivity index (χ4n) is 2.31. The Hall–Kier alpha value is -1.16. The summed E-state index contributed by atoms with van der Waals surface area (Å²) in [5, 5.41) is 3.42. The van der Waals surface area contributed by atoms with Crippen LogP contribution in [0.5, 0.6) is 0 Å². The van der Waals surface area contributed by atoms with Crippen LogP contribution in [0.15, 0.2) is 36.4 Å². The molecule has 0 radical (unpaired) electrons. The average molecular weight is 289 g/mol. The fourth-order valence-corrected chi connectivity index (χ4v) is 3.40. The SMILES string of the molecule is CCc1ccc(C(NC)c2ccc(CCOC)cc2)s1. The maximum atomic E-state index is 5.12. The molecule has 0 amide bonds. The van der Waals surface area contributed by atoms with Crippen molar-refractivity contribution in [1.82, 2.24) is 5.32 Å². The monoisotopic (exact) mass is 289 g/mol. The highest BCUT2D eigenvalue weighted by Gasteiger charge is 2.13. The van der Waals surface area contributed by atoms with Crippen LogP contribution in [0.1, 0.15) is 33.8 Å². The number of methoxy groups -OCH3 is 1. The van der Waals surface area contributed by atoms with Gasteiger partial charge in [0.1, 0.15) is 0 Å². The van der Waals surface area contributed by atoms with Gasteiger partial charge in [0.25, 0.3) is 0 Å². The number of benzene rings is 1. The molecular weight excluding hydrogens is 266 g/mol. The Kier molecular flexibility index (Phi) is 5.77. The van der Waals surface area contributed by atoms with E-state index in [-0.39, 0.29) is 6.04 Å². The van der Waals surface area contributed by atoms with Gasteiger partial charge in [-0.05, 0) is 43.1 Å². The Morgan fingerprint density at radius 2 is 1.90 bits per heavy atom. The van der Waals surface area contributed by atoms with Gasteiger partial charge < -0.3 is 10.1 Å². The van der Waals surface area contributed by atoms with Gasteiger partial charge in [-0.2, -0.15) is 0 Å². The third-order valence-electron chi connectivity index (χ3n) is 3.51. The second-order valence-corrected chi connectivity index (χ2v) is 6.06. The molecule has 0 fully saturated rings. The smallest absolute Gasteiger partial charge is 0.0668 e. The molecule has 2 rings (SSSR count). The highest BCUT2D eigenvalue weighted by Crippen LogP contribution is 2.28. The second kappa shape index (κ2) is 7.58. The third-order valence-corrected chi connectivity index (χ3v) is 4.81. The van der Waals surface area contributed by atoms with E-state index in [2.05, 4.69) is 48.6 Å². The van der Waals surface area contributed by atoms with Gasteiger partial charge in [0.15, 0.2) is 0 Å². The summed E-state index contributed by atoms with van der Waals surface area (Å²) in [5.41, 5.74) is 2.64. The van der Waals surface area contributed by atoms with Crippen molar-refractivity contribution < 1.29 is 4.74 Å². The van der Waals surface area contributed by atoms with Gasteiger partial charge in [-0.1, -0.05) is 31.2 Å². The molecular formula is C17H23NOS. The minimum atomic E-state index is 0.289. The van der Waals surface area contributed by atoms with Crippen LogP contribution in [0.2, 0.25) is 0 Å². The van der Waals surface area contributed by atoms with Crippen LogP contribution in [0.3, 0.4) is 0 Å². The van der Waals surface area contributed by atoms with E-state index in [1.807, 2.05) is 18.4 Å². The third kappa shape index (κ3) is 3.69. The summed E-state index contributed by atoms with van der Waals surface area (Å²) in [6.45, 7) is 2.98. The van der Waals surface area contributed by atoms with Crippen molar-refractivity contribution in [1.29, 1.82) is 0 Å². The first-order valence-corrected chi connectivity index (χ1v) is 7.93. The summed E-state index contributed by atoms with van der Waals surface area (Å²) in [4.78, 5) is 2.82. The molecule has 2 nitrogen and oxygen atoms in total. The molecule has 2 aromatic rings. The molecule has 0 aliphatic carbocycles. The van der Waals surface area contributed by atoms with E-state index in [1.165, 1.54) is 20.9 Å². The second-order valence-electron chi connectivity index (χ2n) is 4.86. The highest BCUT2D eigenvalue weighted by molar-refractivity contribution is 7.12. The zero-order valence-corrected chi connectivity index (χ0v) is 13.3. The van der Waals surface area contributed by atoms with Crippen LogP contribution in [0, 0.1) is 0 Å². The lowest BCUT2D eigenvalue weighted by atomic mass is 10.0. The normalized spacial score (nSPS) is 12.6. The largest absolute Gasteiger partial charge is 0.384 e. The molecule has 1 N–H and O–H groups in total. The van der Waals surface area contributed by atoms with E-state index >= 15 is 0 Å². The Morgan fingerprint density at radius 1 is 1.15 bits per heavy atom. The lowest BCUT2D eigenvalue weighted by molar-refractivity contribution is 0.202. The molecule has 0 saturated heterocycles. The van der Waals surface area contributed by atoms with E-state index in [0.717, 1.165) is 19.4 Å². The number of ether oxygens (including phenoxy) is 1. The zero-order chi connectivity index (χ0) is 14.4. The summed E-state index contributed by atoms with van der Waals surface area (Å²) in [5.74, 6) is 0. The standard InChI is InChI=1S/C17H23NOS/c1-4-15-9-10-16(20-15)17(18-2)14-7-5-13(6-8-14)11-12-19-3/h5-10,17-18H,4,11-12H2,1-3H3. The molecule has 1 atom stereocenters. The first-order valence-electron chi connectivity index (χ1n) is 7.12. The van der Waals surface area contributed by atoms with Crippen molar-refractivity contribution in [3.05, 3.63) is 57.3 Å². The summed E-state index contributed by atoms with van der Waals surface area (Å²) in [7, 11) is 3.77. The van der Waals surface area contributed by atoms with E-state index in [9.17, 15) is 0 Å². The minimum absolute atomic E-state index is 0.289. The summed E-state index contributed by atoms with van der Waals surface area (Å²) in [6.07, 6.45) is 2.08. The molecule has 108 valence electrons. The predicted molar refractivity (Wildman–Crippen MR) is 86.6 cm³/mol. The van der Waals surface area contributed by atoms with E-state index in [1.54, 1.807) is 7.11 Å². The first kappa shape index (κ1) is 15.2. The Balaban J connectivity index is 2.14. The first-order chi connectivity index (χ1) is 9.78. The van der Waals surface area contributed by atoms with Gasteiger partial charge in [-0.3, -0.25) is 0 Å². The van der Waals surface area contributed by atoms with Crippen molar-refractivity contribution >= 4 is 11.3 Å². The summed E-state index contributed by atoms with van der Waals surface area (Å²) in [6, 6.07) is 13.6. The van der Waals surface area contributed by atoms with Crippen LogP contribution in [-0.2, 0) is 17.6 Å². The maximum absolute atomic E-state index is 5.12. The van der Waals surface area contributed by atoms with Crippen molar-refractivity contribution in [2.45, 2.75) is 25.8 Å². The van der Waals surface area contributed by atoms with Crippen molar-refractivity contribution in [3.63, 3.8) is 0 Å². The molecule has 20 heavy (non-hydrogen) atoms. The minimum Gasteiger partial charge on any atom is -0.384 e. The summed E-state index contributed by atoms with van der Waals surface area (Å²) < 4.78 is 5.12. The number of hydrogen-bond acceptors (Lipinski definition) is 3. The molecule has 0 spiro atoms. The number of aryl methyl sites for hydroxylation is 1.